The van der Waals surface area contributed by atoms with Gasteiger partial charge in [-0.1, -0.05) is 12.1 Å². The van der Waals surface area contributed by atoms with Crippen molar-refractivity contribution < 1.29 is 23.1 Å². The molecule has 0 aliphatic carbocycles. The zero-order valence-electron chi connectivity index (χ0n) is 11.4. The average Bonchev–Trinajstić information content (AvgIpc) is 2.84. The second-order valence-electron chi connectivity index (χ2n) is 5.13. The fourth-order valence-corrected chi connectivity index (χ4v) is 3.76. The van der Waals surface area contributed by atoms with E-state index in [1.54, 1.807) is 0 Å². The number of carbonyl (C=O) groups excluding carboxylic acids is 1. The summed E-state index contributed by atoms with van der Waals surface area (Å²) in [6.45, 7) is 1.10. The Bertz CT molecular complexity index is 700. The molecule has 0 amide bonds. The molecule has 1 fully saturated rings. The molecule has 7 nitrogen and oxygen atoms in total. The number of nitrogens with zero attached hydrogens (tertiary/aromatic N) is 1. The topological polar surface area (TPSA) is 118 Å². The van der Waals surface area contributed by atoms with Crippen LogP contribution in [0.25, 0.3) is 0 Å². The Morgan fingerprint density at radius 2 is 2.05 bits per heavy atom. The van der Waals surface area contributed by atoms with Gasteiger partial charge >= 0.3 is 5.97 Å². The third-order valence-corrected chi connectivity index (χ3v) is 5.41. The zero-order chi connectivity index (χ0) is 15.8. The first-order valence-electron chi connectivity index (χ1n) is 6.30. The van der Waals surface area contributed by atoms with E-state index in [-0.39, 0.29) is 35.8 Å². The summed E-state index contributed by atoms with van der Waals surface area (Å²) in [6.07, 6.45) is 0.0496. The number of carboxylic acids is 1. The molecule has 1 aromatic rings. The molecule has 0 spiro atoms. The van der Waals surface area contributed by atoms with Crippen LogP contribution in [0.15, 0.2) is 29.2 Å². The van der Waals surface area contributed by atoms with Gasteiger partial charge in [0.05, 0.1) is 4.90 Å². The summed E-state index contributed by atoms with van der Waals surface area (Å²) in [5, 5.41) is 9.05. The van der Waals surface area contributed by atoms with Gasteiger partial charge in [0.15, 0.2) is 5.78 Å². The molecule has 1 atom stereocenters. The van der Waals surface area contributed by atoms with Crippen LogP contribution in [0, 0.1) is 0 Å². The van der Waals surface area contributed by atoms with Gasteiger partial charge in [-0.2, -0.15) is 4.31 Å². The van der Waals surface area contributed by atoms with E-state index >= 15 is 0 Å². The van der Waals surface area contributed by atoms with Crippen molar-refractivity contribution in [3.05, 3.63) is 29.8 Å². The molecule has 1 saturated heterocycles. The molecule has 1 aromatic carbocycles. The van der Waals surface area contributed by atoms with Crippen molar-refractivity contribution in [3.8, 4) is 0 Å². The lowest BCUT2D eigenvalue weighted by Gasteiger charge is -2.20. The van der Waals surface area contributed by atoms with Crippen LogP contribution < -0.4 is 5.73 Å². The second kappa shape index (κ2) is 5.21. The third kappa shape index (κ3) is 2.82. The van der Waals surface area contributed by atoms with E-state index in [9.17, 15) is 18.0 Å². The van der Waals surface area contributed by atoms with Crippen LogP contribution in [0.3, 0.4) is 0 Å². The molecular formula is C13H16N2O5S. The number of sulfonamides is 1. The first-order chi connectivity index (χ1) is 9.67. The first-order valence-corrected chi connectivity index (χ1v) is 7.74. The van der Waals surface area contributed by atoms with E-state index in [0.29, 0.717) is 0 Å². The van der Waals surface area contributed by atoms with Gasteiger partial charge in [0.1, 0.15) is 5.54 Å². The van der Waals surface area contributed by atoms with Crippen LogP contribution in [0.5, 0.6) is 0 Å². The molecule has 21 heavy (non-hydrogen) atoms. The van der Waals surface area contributed by atoms with Crippen molar-refractivity contribution in [1.82, 2.24) is 4.31 Å². The van der Waals surface area contributed by atoms with Crippen LogP contribution in [-0.2, 0) is 14.8 Å². The van der Waals surface area contributed by atoms with E-state index in [1.807, 2.05) is 0 Å². The smallest absolute Gasteiger partial charge is 0.325 e. The van der Waals surface area contributed by atoms with Gasteiger partial charge in [-0.05, 0) is 25.5 Å². The summed E-state index contributed by atoms with van der Waals surface area (Å²) in [6, 6.07) is 5.66. The number of aliphatic carboxylic acids is 1. The predicted octanol–water partition coefficient (Wildman–Crippen LogP) is 0.0657. The fraction of sp³-hybridized carbons (Fsp3) is 0.385. The van der Waals surface area contributed by atoms with Gasteiger partial charge < -0.3 is 10.8 Å². The zero-order valence-corrected chi connectivity index (χ0v) is 12.3. The van der Waals surface area contributed by atoms with E-state index in [1.165, 1.54) is 31.2 Å². The Morgan fingerprint density at radius 1 is 1.38 bits per heavy atom. The van der Waals surface area contributed by atoms with E-state index in [2.05, 4.69) is 0 Å². The van der Waals surface area contributed by atoms with Crippen molar-refractivity contribution in [1.29, 1.82) is 0 Å². The SMILES string of the molecule is CC(=O)c1cccc(S(=O)(=O)N2CCC(N)(C(=O)O)C2)c1. The molecule has 1 aliphatic heterocycles. The van der Waals surface area contributed by atoms with Crippen LogP contribution in [0.1, 0.15) is 23.7 Å². The number of hydrogen-bond acceptors (Lipinski definition) is 5. The molecule has 0 radical (unpaired) electrons. The molecule has 3 N–H and O–H groups in total. The van der Waals surface area contributed by atoms with Gasteiger partial charge in [-0.25, -0.2) is 8.42 Å². The minimum atomic E-state index is -3.86. The second-order valence-corrected chi connectivity index (χ2v) is 7.07. The number of benzene rings is 1. The predicted molar refractivity (Wildman–Crippen MR) is 74.4 cm³/mol. The number of rotatable bonds is 4. The maximum atomic E-state index is 12.5. The standard InChI is InChI=1S/C13H16N2O5S/c1-9(16)10-3-2-4-11(7-10)21(19,20)15-6-5-13(14,8-15)12(17)18/h2-4,7H,5-6,8,14H2,1H3,(H,17,18). The Balaban J connectivity index is 2.34. The van der Waals surface area contributed by atoms with E-state index < -0.39 is 21.5 Å². The van der Waals surface area contributed by atoms with E-state index in [0.717, 1.165) is 4.31 Å². The number of hydrogen-bond donors (Lipinski definition) is 2. The lowest BCUT2D eigenvalue weighted by molar-refractivity contribution is -0.142. The number of carboxylic acid groups (broad SMARTS) is 1. The van der Waals surface area contributed by atoms with Crippen molar-refractivity contribution >= 4 is 21.8 Å². The molecule has 114 valence electrons. The van der Waals surface area contributed by atoms with Crippen LogP contribution in [-0.4, -0.2) is 48.2 Å². The van der Waals surface area contributed by atoms with Crippen molar-refractivity contribution in [2.24, 2.45) is 5.73 Å². The fourth-order valence-electron chi connectivity index (χ4n) is 2.20. The Morgan fingerprint density at radius 3 is 2.57 bits per heavy atom. The minimum Gasteiger partial charge on any atom is -0.480 e. The summed E-state index contributed by atoms with van der Waals surface area (Å²) < 4.78 is 26.0. The van der Waals surface area contributed by atoms with Gasteiger partial charge in [-0.3, -0.25) is 9.59 Å². The molecule has 8 heteroatoms. The highest BCUT2D eigenvalue weighted by atomic mass is 32.2. The van der Waals surface area contributed by atoms with Crippen molar-refractivity contribution in [3.63, 3.8) is 0 Å². The minimum absolute atomic E-state index is 0.0371. The third-order valence-electron chi connectivity index (χ3n) is 3.57. The van der Waals surface area contributed by atoms with Gasteiger partial charge in [0.25, 0.3) is 0 Å². The quantitative estimate of drug-likeness (QED) is 0.759. The number of carbonyl (C=O) groups is 2. The summed E-state index contributed by atoms with van der Waals surface area (Å²) in [7, 11) is -3.86. The Kier molecular flexibility index (Phi) is 3.87. The average molecular weight is 312 g/mol. The molecule has 2 rings (SSSR count). The molecule has 0 bridgehead atoms. The van der Waals surface area contributed by atoms with Crippen molar-refractivity contribution in [2.75, 3.05) is 13.1 Å². The molecule has 1 unspecified atom stereocenters. The highest BCUT2D eigenvalue weighted by molar-refractivity contribution is 7.89. The lowest BCUT2D eigenvalue weighted by Crippen LogP contribution is -2.50. The summed E-state index contributed by atoms with van der Waals surface area (Å²) in [5.41, 5.74) is 4.41. The van der Waals surface area contributed by atoms with Gasteiger partial charge in [0.2, 0.25) is 10.0 Å². The molecule has 1 heterocycles. The molecule has 1 aliphatic rings. The number of nitrogens with two attached hydrogens (primary N) is 1. The van der Waals surface area contributed by atoms with Crippen LogP contribution in [0.2, 0.25) is 0 Å². The normalized spacial score (nSPS) is 23.1. The summed E-state index contributed by atoms with van der Waals surface area (Å²) in [5.74, 6) is -1.47. The maximum absolute atomic E-state index is 12.5. The number of ketones is 1. The first kappa shape index (κ1) is 15.6. The highest BCUT2D eigenvalue weighted by Crippen LogP contribution is 2.26. The lowest BCUT2D eigenvalue weighted by atomic mass is 10.0. The monoisotopic (exact) mass is 312 g/mol. The Labute approximate surface area is 122 Å². The van der Waals surface area contributed by atoms with Crippen LogP contribution in [0.4, 0.5) is 0 Å². The largest absolute Gasteiger partial charge is 0.480 e. The number of Topliss-reactive ketones (excluding diaryl/α,β-unsaturated/α-hetero) is 1. The molecule has 0 saturated carbocycles. The Hall–Kier alpha value is -1.77. The molecule has 0 aromatic heterocycles. The van der Waals surface area contributed by atoms with Crippen LogP contribution >= 0.6 is 0 Å². The molecular weight excluding hydrogens is 296 g/mol. The summed E-state index contributed by atoms with van der Waals surface area (Å²) in [4.78, 5) is 22.4. The van der Waals surface area contributed by atoms with E-state index in [4.69, 9.17) is 10.8 Å². The van der Waals surface area contributed by atoms with Crippen molar-refractivity contribution in [2.45, 2.75) is 23.8 Å². The summed E-state index contributed by atoms with van der Waals surface area (Å²) >= 11 is 0. The maximum Gasteiger partial charge on any atom is 0.325 e. The highest BCUT2D eigenvalue weighted by Gasteiger charge is 2.45. The van der Waals surface area contributed by atoms with Gasteiger partial charge in [0, 0.05) is 18.7 Å². The van der Waals surface area contributed by atoms with Gasteiger partial charge in [-0.15, -0.1) is 0 Å².